The van der Waals surface area contributed by atoms with Gasteiger partial charge in [0.1, 0.15) is 0 Å². The molecule has 0 aromatic carbocycles. The smallest absolute Gasteiger partial charge is 0.0372 e. The van der Waals surface area contributed by atoms with Gasteiger partial charge in [0.25, 0.3) is 0 Å². The summed E-state index contributed by atoms with van der Waals surface area (Å²) < 4.78 is 0. The van der Waals surface area contributed by atoms with Crippen LogP contribution < -0.4 is 0 Å². The zero-order valence-electron chi connectivity index (χ0n) is 10.5. The van der Waals surface area contributed by atoms with E-state index in [-0.39, 0.29) is 0 Å². The monoisotopic (exact) mass is 219 g/mol. The molecule has 88 valence electrons. The molecule has 1 atom stereocenters. The third kappa shape index (κ3) is 2.80. The average molecular weight is 219 g/mol. The highest BCUT2D eigenvalue weighted by Crippen LogP contribution is 2.11. The van der Waals surface area contributed by atoms with Crippen molar-refractivity contribution in [1.82, 2.24) is 14.8 Å². The number of aryl methyl sites for hydroxylation is 1. The molecule has 0 bridgehead atoms. The van der Waals surface area contributed by atoms with E-state index in [1.54, 1.807) is 0 Å². The minimum atomic E-state index is 0.659. The largest absolute Gasteiger partial charge is 0.301 e. The van der Waals surface area contributed by atoms with Gasteiger partial charge >= 0.3 is 0 Å². The molecular weight excluding hydrogens is 198 g/mol. The fourth-order valence-corrected chi connectivity index (χ4v) is 2.12. The summed E-state index contributed by atoms with van der Waals surface area (Å²) in [5.41, 5.74) is 2.41. The second kappa shape index (κ2) is 4.93. The molecule has 1 aromatic rings. The molecule has 1 aliphatic heterocycles. The van der Waals surface area contributed by atoms with Crippen molar-refractivity contribution in [3.8, 4) is 0 Å². The van der Waals surface area contributed by atoms with E-state index in [1.165, 1.54) is 12.1 Å². The molecule has 0 N–H and O–H groups in total. The Hall–Kier alpha value is -0.930. The van der Waals surface area contributed by atoms with Gasteiger partial charge in [0.05, 0.1) is 0 Å². The number of aromatic nitrogens is 1. The molecule has 0 radical (unpaired) electrons. The summed E-state index contributed by atoms with van der Waals surface area (Å²) in [5, 5.41) is 0. The molecule has 16 heavy (non-hydrogen) atoms. The predicted octanol–water partition coefficient (Wildman–Crippen LogP) is 1.53. The second-order valence-corrected chi connectivity index (χ2v) is 4.87. The molecule has 3 nitrogen and oxygen atoms in total. The Morgan fingerprint density at radius 2 is 2.19 bits per heavy atom. The maximum atomic E-state index is 4.34. The summed E-state index contributed by atoms with van der Waals surface area (Å²) >= 11 is 0. The summed E-state index contributed by atoms with van der Waals surface area (Å²) in [6.07, 6.45) is 2.00. The zero-order valence-corrected chi connectivity index (χ0v) is 10.5. The molecule has 2 heterocycles. The highest BCUT2D eigenvalue weighted by molar-refractivity contribution is 5.13. The minimum absolute atomic E-state index is 0.659. The fraction of sp³-hybridized carbons (Fsp3) is 0.615. The normalized spacial score (nSPS) is 23.6. The second-order valence-electron chi connectivity index (χ2n) is 4.87. The van der Waals surface area contributed by atoms with Gasteiger partial charge in [-0.15, -0.1) is 0 Å². The van der Waals surface area contributed by atoms with Crippen LogP contribution in [0.25, 0.3) is 0 Å². The van der Waals surface area contributed by atoms with Crippen molar-refractivity contribution >= 4 is 0 Å². The lowest BCUT2D eigenvalue weighted by atomic mass is 10.1. The first-order valence-electron chi connectivity index (χ1n) is 5.99. The molecule has 1 aliphatic rings. The van der Waals surface area contributed by atoms with Gasteiger partial charge in [-0.25, -0.2) is 0 Å². The van der Waals surface area contributed by atoms with Crippen LogP contribution in [0.1, 0.15) is 18.2 Å². The minimum Gasteiger partial charge on any atom is -0.301 e. The van der Waals surface area contributed by atoms with E-state index in [2.05, 4.69) is 40.9 Å². The van der Waals surface area contributed by atoms with Crippen molar-refractivity contribution in [3.05, 3.63) is 29.6 Å². The molecule has 2 rings (SSSR count). The standard InChI is InChI=1S/C13H21N3/c1-11-4-5-13(8-14-11)10-16-7-6-15(3)12(2)9-16/h4-5,8,12H,6-7,9-10H2,1-3H3. The van der Waals surface area contributed by atoms with Gasteiger partial charge in [-0.2, -0.15) is 0 Å². The first kappa shape index (κ1) is 11.6. The summed E-state index contributed by atoms with van der Waals surface area (Å²) in [6.45, 7) is 8.84. The summed E-state index contributed by atoms with van der Waals surface area (Å²) in [6, 6.07) is 4.94. The van der Waals surface area contributed by atoms with Crippen LogP contribution in [-0.4, -0.2) is 47.5 Å². The van der Waals surface area contributed by atoms with Gasteiger partial charge in [-0.05, 0) is 32.5 Å². The van der Waals surface area contributed by atoms with E-state index in [4.69, 9.17) is 0 Å². The van der Waals surface area contributed by atoms with Crippen LogP contribution in [0.4, 0.5) is 0 Å². The Labute approximate surface area is 98.1 Å². The van der Waals surface area contributed by atoms with Gasteiger partial charge in [-0.1, -0.05) is 6.07 Å². The Kier molecular flexibility index (Phi) is 3.56. The SMILES string of the molecule is Cc1ccc(CN2CCN(C)C(C)C2)cn1. The van der Waals surface area contributed by atoms with Gasteiger partial charge in [0.2, 0.25) is 0 Å². The molecule has 0 saturated carbocycles. The zero-order chi connectivity index (χ0) is 11.5. The quantitative estimate of drug-likeness (QED) is 0.752. The van der Waals surface area contributed by atoms with Gasteiger partial charge in [0, 0.05) is 44.1 Å². The highest BCUT2D eigenvalue weighted by Gasteiger charge is 2.20. The fourth-order valence-electron chi connectivity index (χ4n) is 2.12. The van der Waals surface area contributed by atoms with Crippen LogP contribution in [0.3, 0.4) is 0 Å². The lowest BCUT2D eigenvalue weighted by Gasteiger charge is -2.37. The average Bonchev–Trinajstić information content (AvgIpc) is 2.27. The first-order chi connectivity index (χ1) is 7.65. The Bertz CT molecular complexity index is 334. The van der Waals surface area contributed by atoms with Gasteiger partial charge in [0.15, 0.2) is 0 Å². The lowest BCUT2D eigenvalue weighted by Crippen LogP contribution is -2.49. The first-order valence-corrected chi connectivity index (χ1v) is 5.99. The number of hydrogen-bond donors (Lipinski definition) is 0. The van der Waals surface area contributed by atoms with E-state index in [0.717, 1.165) is 25.3 Å². The Morgan fingerprint density at radius 3 is 2.81 bits per heavy atom. The van der Waals surface area contributed by atoms with E-state index < -0.39 is 0 Å². The summed E-state index contributed by atoms with van der Waals surface area (Å²) in [4.78, 5) is 9.27. The van der Waals surface area contributed by atoms with Crippen LogP contribution >= 0.6 is 0 Å². The summed E-state index contributed by atoms with van der Waals surface area (Å²) in [5.74, 6) is 0. The number of piperazine rings is 1. The van der Waals surface area contributed by atoms with Crippen molar-refractivity contribution in [3.63, 3.8) is 0 Å². The van der Waals surface area contributed by atoms with Crippen LogP contribution in [0.15, 0.2) is 18.3 Å². The molecule has 1 fully saturated rings. The third-order valence-corrected chi connectivity index (χ3v) is 3.42. The predicted molar refractivity (Wildman–Crippen MR) is 66.3 cm³/mol. The number of hydrogen-bond acceptors (Lipinski definition) is 3. The highest BCUT2D eigenvalue weighted by atomic mass is 15.3. The van der Waals surface area contributed by atoms with Crippen LogP contribution in [-0.2, 0) is 6.54 Å². The van der Waals surface area contributed by atoms with Gasteiger partial charge in [-0.3, -0.25) is 9.88 Å². The molecular formula is C13H21N3. The maximum Gasteiger partial charge on any atom is 0.0372 e. The van der Waals surface area contributed by atoms with Crippen LogP contribution in [0, 0.1) is 6.92 Å². The number of rotatable bonds is 2. The number of likely N-dealkylation sites (N-methyl/N-ethyl adjacent to an activating group) is 1. The van der Waals surface area contributed by atoms with Crippen molar-refractivity contribution in [2.75, 3.05) is 26.7 Å². The molecule has 1 unspecified atom stereocenters. The molecule has 0 amide bonds. The van der Waals surface area contributed by atoms with Crippen molar-refractivity contribution < 1.29 is 0 Å². The van der Waals surface area contributed by atoms with Crippen LogP contribution in [0.5, 0.6) is 0 Å². The number of pyridine rings is 1. The van der Waals surface area contributed by atoms with E-state index in [1.807, 2.05) is 13.1 Å². The molecule has 0 spiro atoms. The van der Waals surface area contributed by atoms with E-state index in [0.29, 0.717) is 6.04 Å². The van der Waals surface area contributed by atoms with Crippen molar-refractivity contribution in [2.24, 2.45) is 0 Å². The summed E-state index contributed by atoms with van der Waals surface area (Å²) in [7, 11) is 2.20. The molecule has 1 saturated heterocycles. The molecule has 0 aliphatic carbocycles. The Morgan fingerprint density at radius 1 is 1.38 bits per heavy atom. The van der Waals surface area contributed by atoms with Crippen LogP contribution in [0.2, 0.25) is 0 Å². The van der Waals surface area contributed by atoms with E-state index >= 15 is 0 Å². The molecule has 3 heteroatoms. The lowest BCUT2D eigenvalue weighted by molar-refractivity contribution is 0.0999. The van der Waals surface area contributed by atoms with E-state index in [9.17, 15) is 0 Å². The number of nitrogens with zero attached hydrogens (tertiary/aromatic N) is 3. The Balaban J connectivity index is 1.93. The van der Waals surface area contributed by atoms with Gasteiger partial charge < -0.3 is 4.90 Å². The van der Waals surface area contributed by atoms with Crippen molar-refractivity contribution in [1.29, 1.82) is 0 Å². The van der Waals surface area contributed by atoms with Crippen molar-refractivity contribution in [2.45, 2.75) is 26.4 Å². The molecule has 1 aromatic heterocycles. The maximum absolute atomic E-state index is 4.34. The topological polar surface area (TPSA) is 19.4 Å². The third-order valence-electron chi connectivity index (χ3n) is 3.42.